The molecule has 4 heteroatoms. The second kappa shape index (κ2) is 5.02. The number of aldehydes is 1. The predicted molar refractivity (Wildman–Crippen MR) is 56.6 cm³/mol. The Balaban J connectivity index is 2.76. The van der Waals surface area contributed by atoms with Gasteiger partial charge in [0.25, 0.3) is 0 Å². The van der Waals surface area contributed by atoms with E-state index in [4.69, 9.17) is 15.9 Å². The molecule has 0 bridgehead atoms. The van der Waals surface area contributed by atoms with Crippen LogP contribution in [0.3, 0.4) is 0 Å². The third kappa shape index (κ3) is 3.13. The molecule has 0 atom stereocenters. The molecule has 0 aliphatic heterocycles. The van der Waals surface area contributed by atoms with Gasteiger partial charge in [0.2, 0.25) is 0 Å². The zero-order valence-corrected chi connectivity index (χ0v) is 8.39. The number of aliphatic hydroxyl groups excluding tert-OH is 2. The summed E-state index contributed by atoms with van der Waals surface area (Å²) in [4.78, 5) is 10.4. The van der Waals surface area contributed by atoms with Gasteiger partial charge in [-0.05, 0) is 12.0 Å². The molecular formula is C11H15NO3. The topological polar surface area (TPSA) is 83.6 Å². The number of carbonyl (C=O) groups is 1. The van der Waals surface area contributed by atoms with E-state index in [1.54, 1.807) is 24.3 Å². The molecule has 82 valence electrons. The van der Waals surface area contributed by atoms with Crippen LogP contribution in [-0.2, 0) is 6.42 Å². The van der Waals surface area contributed by atoms with Crippen molar-refractivity contribution in [3.8, 4) is 0 Å². The fraction of sp³-hybridized carbons (Fsp3) is 0.364. The van der Waals surface area contributed by atoms with Gasteiger partial charge in [0.1, 0.15) is 6.29 Å². The van der Waals surface area contributed by atoms with E-state index >= 15 is 0 Å². The molecule has 0 saturated heterocycles. The Bertz CT molecular complexity index is 317. The van der Waals surface area contributed by atoms with Crippen molar-refractivity contribution >= 4 is 6.29 Å². The summed E-state index contributed by atoms with van der Waals surface area (Å²) in [6, 6.07) is 6.88. The maximum absolute atomic E-state index is 10.4. The quantitative estimate of drug-likeness (QED) is 0.582. The van der Waals surface area contributed by atoms with Gasteiger partial charge in [-0.3, -0.25) is 4.79 Å². The van der Waals surface area contributed by atoms with Crippen LogP contribution in [0, 0.1) is 0 Å². The molecule has 4 N–H and O–H groups in total. The van der Waals surface area contributed by atoms with Gasteiger partial charge in [-0.25, -0.2) is 0 Å². The summed E-state index contributed by atoms with van der Waals surface area (Å²) in [6.45, 7) is -0.558. The van der Waals surface area contributed by atoms with E-state index in [2.05, 4.69) is 0 Å². The summed E-state index contributed by atoms with van der Waals surface area (Å²) in [6.07, 6.45) is 1.14. The number of carbonyl (C=O) groups excluding carboxylic acids is 1. The first-order valence-electron chi connectivity index (χ1n) is 4.68. The standard InChI is InChI=1S/C11H15NO3/c12-11(7-14,8-15)5-9-1-3-10(6-13)4-2-9/h1-4,6,14-15H,5,7-8,12H2. The lowest BCUT2D eigenvalue weighted by atomic mass is 9.93. The smallest absolute Gasteiger partial charge is 0.150 e. The summed E-state index contributed by atoms with van der Waals surface area (Å²) in [5.74, 6) is 0. The second-order valence-electron chi connectivity index (χ2n) is 3.71. The lowest BCUT2D eigenvalue weighted by molar-refractivity contribution is 0.112. The molecule has 4 nitrogen and oxygen atoms in total. The molecule has 0 heterocycles. The van der Waals surface area contributed by atoms with Crippen molar-refractivity contribution in [1.82, 2.24) is 0 Å². The largest absolute Gasteiger partial charge is 0.394 e. The second-order valence-corrected chi connectivity index (χ2v) is 3.71. The maximum Gasteiger partial charge on any atom is 0.150 e. The number of benzene rings is 1. The van der Waals surface area contributed by atoms with Gasteiger partial charge < -0.3 is 15.9 Å². The molecule has 0 aromatic heterocycles. The molecule has 1 rings (SSSR count). The Kier molecular flexibility index (Phi) is 3.96. The molecule has 0 amide bonds. The van der Waals surface area contributed by atoms with Gasteiger partial charge in [0.05, 0.1) is 18.8 Å². The Morgan fingerprint density at radius 3 is 2.13 bits per heavy atom. The summed E-state index contributed by atoms with van der Waals surface area (Å²) in [5.41, 5.74) is 6.21. The van der Waals surface area contributed by atoms with E-state index in [1.165, 1.54) is 0 Å². The van der Waals surface area contributed by atoms with E-state index < -0.39 is 5.54 Å². The first kappa shape index (κ1) is 11.8. The lowest BCUT2D eigenvalue weighted by Gasteiger charge is -2.24. The van der Waals surface area contributed by atoms with Gasteiger partial charge in [-0.15, -0.1) is 0 Å². The van der Waals surface area contributed by atoms with Gasteiger partial charge >= 0.3 is 0 Å². The minimum atomic E-state index is -0.997. The zero-order valence-electron chi connectivity index (χ0n) is 8.39. The molecule has 0 fully saturated rings. The van der Waals surface area contributed by atoms with Crippen molar-refractivity contribution in [3.63, 3.8) is 0 Å². The van der Waals surface area contributed by atoms with E-state index in [-0.39, 0.29) is 13.2 Å². The Labute approximate surface area is 88.3 Å². The minimum Gasteiger partial charge on any atom is -0.394 e. The highest BCUT2D eigenvalue weighted by Crippen LogP contribution is 2.11. The van der Waals surface area contributed by atoms with Crippen LogP contribution in [0.1, 0.15) is 15.9 Å². The molecule has 1 aromatic rings. The third-order valence-electron chi connectivity index (χ3n) is 2.30. The van der Waals surface area contributed by atoms with Crippen LogP contribution in [0.25, 0.3) is 0 Å². The normalized spacial score (nSPS) is 11.4. The number of aliphatic hydroxyl groups is 2. The third-order valence-corrected chi connectivity index (χ3v) is 2.30. The van der Waals surface area contributed by atoms with E-state index in [0.717, 1.165) is 11.8 Å². The monoisotopic (exact) mass is 209 g/mol. The fourth-order valence-corrected chi connectivity index (χ4v) is 1.28. The van der Waals surface area contributed by atoms with E-state index in [9.17, 15) is 4.79 Å². The van der Waals surface area contributed by atoms with E-state index in [1.807, 2.05) is 0 Å². The highest BCUT2D eigenvalue weighted by molar-refractivity contribution is 5.74. The van der Waals surface area contributed by atoms with Gasteiger partial charge in [0.15, 0.2) is 0 Å². The average molecular weight is 209 g/mol. The fourth-order valence-electron chi connectivity index (χ4n) is 1.28. The minimum absolute atomic E-state index is 0.279. The van der Waals surface area contributed by atoms with E-state index in [0.29, 0.717) is 12.0 Å². The molecule has 0 unspecified atom stereocenters. The Morgan fingerprint density at radius 1 is 1.20 bits per heavy atom. The Morgan fingerprint density at radius 2 is 1.73 bits per heavy atom. The van der Waals surface area contributed by atoms with Gasteiger partial charge in [-0.2, -0.15) is 0 Å². The molecule has 0 spiro atoms. The van der Waals surface area contributed by atoms with Crippen molar-refractivity contribution in [3.05, 3.63) is 35.4 Å². The van der Waals surface area contributed by atoms with Crippen molar-refractivity contribution in [2.45, 2.75) is 12.0 Å². The summed E-state index contributed by atoms with van der Waals surface area (Å²) < 4.78 is 0. The van der Waals surface area contributed by atoms with Gasteiger partial charge in [-0.1, -0.05) is 24.3 Å². The molecule has 0 saturated carbocycles. The number of hydrogen-bond acceptors (Lipinski definition) is 4. The summed E-state index contributed by atoms with van der Waals surface area (Å²) in [7, 11) is 0. The van der Waals surface area contributed by atoms with Crippen LogP contribution in [0.2, 0.25) is 0 Å². The van der Waals surface area contributed by atoms with Crippen LogP contribution in [-0.4, -0.2) is 35.3 Å². The number of hydrogen-bond donors (Lipinski definition) is 3. The molecule has 1 aromatic carbocycles. The molecule has 15 heavy (non-hydrogen) atoms. The Hall–Kier alpha value is -1.23. The van der Waals surface area contributed by atoms with Crippen molar-refractivity contribution < 1.29 is 15.0 Å². The van der Waals surface area contributed by atoms with Crippen LogP contribution in [0.4, 0.5) is 0 Å². The SMILES string of the molecule is NC(CO)(CO)Cc1ccc(C=O)cc1. The highest BCUT2D eigenvalue weighted by atomic mass is 16.3. The van der Waals surface area contributed by atoms with Crippen molar-refractivity contribution in [1.29, 1.82) is 0 Å². The van der Waals surface area contributed by atoms with Crippen LogP contribution >= 0.6 is 0 Å². The summed E-state index contributed by atoms with van der Waals surface area (Å²) in [5, 5.41) is 18.0. The lowest BCUT2D eigenvalue weighted by Crippen LogP contribution is -2.49. The van der Waals surface area contributed by atoms with Crippen LogP contribution in [0.5, 0.6) is 0 Å². The molecule has 0 radical (unpaired) electrons. The molecular weight excluding hydrogens is 194 g/mol. The van der Waals surface area contributed by atoms with Crippen LogP contribution < -0.4 is 5.73 Å². The van der Waals surface area contributed by atoms with Gasteiger partial charge in [0, 0.05) is 5.56 Å². The van der Waals surface area contributed by atoms with Crippen molar-refractivity contribution in [2.75, 3.05) is 13.2 Å². The molecule has 0 aliphatic rings. The highest BCUT2D eigenvalue weighted by Gasteiger charge is 2.23. The first-order chi connectivity index (χ1) is 7.13. The van der Waals surface area contributed by atoms with Crippen molar-refractivity contribution in [2.24, 2.45) is 5.73 Å². The number of nitrogens with two attached hydrogens (primary N) is 1. The first-order valence-corrected chi connectivity index (χ1v) is 4.68. The number of rotatable bonds is 5. The predicted octanol–water partition coefficient (Wildman–Crippen LogP) is -0.276. The maximum atomic E-state index is 10.4. The van der Waals surface area contributed by atoms with Crippen LogP contribution in [0.15, 0.2) is 24.3 Å². The average Bonchev–Trinajstić information content (AvgIpc) is 2.30. The zero-order chi connectivity index (χ0) is 11.3. The summed E-state index contributed by atoms with van der Waals surface area (Å²) >= 11 is 0. The molecule has 0 aliphatic carbocycles.